The summed E-state index contributed by atoms with van der Waals surface area (Å²) in [7, 11) is -3.60. The second-order valence-electron chi connectivity index (χ2n) is 2.31. The van der Waals surface area contributed by atoms with Crippen LogP contribution in [-0.2, 0) is 4.57 Å². The van der Waals surface area contributed by atoms with Crippen LogP contribution in [0.2, 0.25) is 0 Å². The summed E-state index contributed by atoms with van der Waals surface area (Å²) in [6.45, 7) is 1.52. The summed E-state index contributed by atoms with van der Waals surface area (Å²) in [6.07, 6.45) is 1.15. The first-order valence-electron chi connectivity index (χ1n) is 3.57. The fraction of sp³-hybridized carbons (Fsp3) is 0.286. The predicted octanol–water partition coefficient (Wildman–Crippen LogP) is 1.74. The van der Waals surface area contributed by atoms with Crippen molar-refractivity contribution in [3.63, 3.8) is 0 Å². The molecule has 0 aromatic carbocycles. The van der Waals surface area contributed by atoms with Crippen LogP contribution in [0, 0.1) is 11.3 Å². The summed E-state index contributed by atoms with van der Waals surface area (Å²) in [6, 6.07) is 3.07. The van der Waals surface area contributed by atoms with Gasteiger partial charge in [0.1, 0.15) is 12.3 Å². The van der Waals surface area contributed by atoms with Gasteiger partial charge in [0.15, 0.2) is 0 Å². The summed E-state index contributed by atoms with van der Waals surface area (Å²) < 4.78 is 20.4. The average molecular weight is 201 g/mol. The van der Waals surface area contributed by atoms with E-state index in [1.165, 1.54) is 13.0 Å². The molecule has 0 saturated carbocycles. The van der Waals surface area contributed by atoms with Crippen LogP contribution in [0.4, 0.5) is 0 Å². The molecule has 0 aliphatic rings. The maximum atomic E-state index is 11.0. The Morgan fingerprint density at radius 2 is 2.54 bits per heavy atom. The molecule has 1 N–H and O–H groups in total. The van der Waals surface area contributed by atoms with E-state index in [1.807, 2.05) is 0 Å². The molecule has 1 atom stereocenters. The number of rotatable bonds is 3. The lowest BCUT2D eigenvalue weighted by Gasteiger charge is -2.06. The third kappa shape index (κ3) is 2.62. The SMILES string of the molecule is CCP(=O)(O)Oc1cc(C#N)co1. The highest BCUT2D eigenvalue weighted by Crippen LogP contribution is 2.42. The second-order valence-corrected chi connectivity index (χ2v) is 4.40. The molecule has 6 heteroatoms. The molecule has 1 unspecified atom stereocenters. The van der Waals surface area contributed by atoms with Gasteiger partial charge in [-0.25, -0.2) is 4.57 Å². The van der Waals surface area contributed by atoms with E-state index in [0.717, 1.165) is 6.26 Å². The zero-order chi connectivity index (χ0) is 9.90. The highest BCUT2D eigenvalue weighted by atomic mass is 31.2. The van der Waals surface area contributed by atoms with Gasteiger partial charge in [-0.05, 0) is 0 Å². The van der Waals surface area contributed by atoms with Gasteiger partial charge in [0.05, 0.1) is 11.7 Å². The van der Waals surface area contributed by atoms with E-state index >= 15 is 0 Å². The lowest BCUT2D eigenvalue weighted by atomic mass is 10.4. The maximum absolute atomic E-state index is 11.0. The topological polar surface area (TPSA) is 83.5 Å². The molecule has 0 saturated heterocycles. The number of nitriles is 1. The van der Waals surface area contributed by atoms with E-state index in [-0.39, 0.29) is 17.7 Å². The number of nitrogens with zero attached hydrogens (tertiary/aromatic N) is 1. The molecule has 5 nitrogen and oxygen atoms in total. The number of hydrogen-bond donors (Lipinski definition) is 1. The van der Waals surface area contributed by atoms with Gasteiger partial charge in [-0.1, -0.05) is 6.92 Å². The minimum Gasteiger partial charge on any atom is -0.433 e. The summed E-state index contributed by atoms with van der Waals surface area (Å²) in [5.74, 6) is -0.107. The van der Waals surface area contributed by atoms with Gasteiger partial charge in [-0.15, -0.1) is 0 Å². The Kier molecular flexibility index (Phi) is 2.76. The van der Waals surface area contributed by atoms with Crippen molar-refractivity contribution in [2.24, 2.45) is 0 Å². The Hall–Kier alpha value is -1.24. The van der Waals surface area contributed by atoms with Crippen LogP contribution in [-0.4, -0.2) is 11.1 Å². The first-order chi connectivity index (χ1) is 6.07. The molecule has 0 aliphatic heterocycles. The molecule has 0 fully saturated rings. The predicted molar refractivity (Wildman–Crippen MR) is 44.4 cm³/mol. The maximum Gasteiger partial charge on any atom is 0.378 e. The Balaban J connectivity index is 2.76. The lowest BCUT2D eigenvalue weighted by molar-refractivity contribution is 0.327. The zero-order valence-electron chi connectivity index (χ0n) is 6.93. The quantitative estimate of drug-likeness (QED) is 0.753. The molecular formula is C7H8NO4P. The monoisotopic (exact) mass is 201 g/mol. The molecule has 0 bridgehead atoms. The van der Waals surface area contributed by atoms with Crippen molar-refractivity contribution in [2.45, 2.75) is 6.92 Å². The van der Waals surface area contributed by atoms with Crippen molar-refractivity contribution in [2.75, 3.05) is 6.16 Å². The Morgan fingerprint density at radius 1 is 1.85 bits per heavy atom. The number of furan rings is 1. The Bertz CT molecular complexity index is 378. The van der Waals surface area contributed by atoms with Gasteiger partial charge in [-0.2, -0.15) is 5.26 Å². The van der Waals surface area contributed by atoms with E-state index in [2.05, 4.69) is 4.52 Å². The fourth-order valence-corrected chi connectivity index (χ4v) is 1.13. The molecule has 0 radical (unpaired) electrons. The van der Waals surface area contributed by atoms with Crippen molar-refractivity contribution in [3.05, 3.63) is 17.9 Å². The van der Waals surface area contributed by atoms with Gasteiger partial charge in [-0.3, -0.25) is 0 Å². The fourth-order valence-electron chi connectivity index (χ4n) is 0.628. The van der Waals surface area contributed by atoms with E-state index < -0.39 is 7.60 Å². The highest BCUT2D eigenvalue weighted by Gasteiger charge is 2.19. The number of hydrogen-bond acceptors (Lipinski definition) is 4. The molecule has 1 heterocycles. The molecule has 0 aliphatic carbocycles. The van der Waals surface area contributed by atoms with Gasteiger partial charge in [0.2, 0.25) is 0 Å². The normalized spacial score (nSPS) is 14.5. The van der Waals surface area contributed by atoms with Crippen molar-refractivity contribution in [3.8, 4) is 12.0 Å². The van der Waals surface area contributed by atoms with Gasteiger partial charge < -0.3 is 13.8 Å². The summed E-state index contributed by atoms with van der Waals surface area (Å²) >= 11 is 0. The molecular weight excluding hydrogens is 193 g/mol. The largest absolute Gasteiger partial charge is 0.433 e. The third-order valence-electron chi connectivity index (χ3n) is 1.34. The van der Waals surface area contributed by atoms with Crippen LogP contribution in [0.5, 0.6) is 5.95 Å². The van der Waals surface area contributed by atoms with E-state index in [9.17, 15) is 4.57 Å². The highest BCUT2D eigenvalue weighted by molar-refractivity contribution is 7.53. The Labute approximate surface area is 75.1 Å². The molecule has 0 spiro atoms. The van der Waals surface area contributed by atoms with Gasteiger partial charge >= 0.3 is 7.60 Å². The lowest BCUT2D eigenvalue weighted by Crippen LogP contribution is -1.92. The van der Waals surface area contributed by atoms with Crippen LogP contribution >= 0.6 is 7.60 Å². The van der Waals surface area contributed by atoms with Gasteiger partial charge in [0, 0.05) is 6.07 Å². The third-order valence-corrected chi connectivity index (χ3v) is 2.60. The molecule has 13 heavy (non-hydrogen) atoms. The second kappa shape index (κ2) is 3.65. The van der Waals surface area contributed by atoms with E-state index in [4.69, 9.17) is 14.6 Å². The summed E-state index contributed by atoms with van der Waals surface area (Å²) in [5.41, 5.74) is 0.256. The van der Waals surface area contributed by atoms with Crippen LogP contribution in [0.1, 0.15) is 12.5 Å². The molecule has 1 aromatic heterocycles. The molecule has 70 valence electrons. The minimum atomic E-state index is -3.60. The van der Waals surface area contributed by atoms with Crippen molar-refractivity contribution >= 4 is 7.60 Å². The smallest absolute Gasteiger partial charge is 0.378 e. The van der Waals surface area contributed by atoms with Crippen molar-refractivity contribution < 1.29 is 18.4 Å². The zero-order valence-corrected chi connectivity index (χ0v) is 7.82. The first kappa shape index (κ1) is 9.85. The standard InChI is InChI=1S/C7H8NO4P/c1-2-13(9,10)12-7-3-6(4-8)5-11-7/h3,5H,2H2,1H3,(H,9,10). The van der Waals surface area contributed by atoms with E-state index in [0.29, 0.717) is 0 Å². The summed E-state index contributed by atoms with van der Waals surface area (Å²) in [5, 5.41) is 8.41. The Morgan fingerprint density at radius 3 is 3.00 bits per heavy atom. The van der Waals surface area contributed by atoms with Crippen LogP contribution < -0.4 is 4.52 Å². The molecule has 1 aromatic rings. The summed E-state index contributed by atoms with van der Waals surface area (Å²) in [4.78, 5) is 9.05. The molecule has 0 amide bonds. The molecule has 1 rings (SSSR count). The van der Waals surface area contributed by atoms with E-state index in [1.54, 1.807) is 6.07 Å². The minimum absolute atomic E-state index is 0.00438. The van der Waals surface area contributed by atoms with Crippen molar-refractivity contribution in [1.29, 1.82) is 5.26 Å². The van der Waals surface area contributed by atoms with Gasteiger partial charge in [0.25, 0.3) is 5.95 Å². The van der Waals surface area contributed by atoms with Crippen molar-refractivity contribution in [1.82, 2.24) is 0 Å². The average Bonchev–Trinajstić information content (AvgIpc) is 2.52. The van der Waals surface area contributed by atoms with Crippen LogP contribution in [0.3, 0.4) is 0 Å². The van der Waals surface area contributed by atoms with Crippen LogP contribution in [0.25, 0.3) is 0 Å². The van der Waals surface area contributed by atoms with Crippen LogP contribution in [0.15, 0.2) is 16.7 Å². The first-order valence-corrected chi connectivity index (χ1v) is 5.33.